The molecule has 5 rings (SSSR count). The number of rotatable bonds is 4. The molecular formula is C29H28FN5O3. The summed E-state index contributed by atoms with van der Waals surface area (Å²) in [4.78, 5) is 18.7. The fourth-order valence-corrected chi connectivity index (χ4v) is 4.61. The van der Waals surface area contributed by atoms with Gasteiger partial charge in [0.05, 0.1) is 5.69 Å². The van der Waals surface area contributed by atoms with Gasteiger partial charge < -0.3 is 14.4 Å². The van der Waals surface area contributed by atoms with Crippen LogP contribution in [0.2, 0.25) is 0 Å². The van der Waals surface area contributed by atoms with Crippen molar-refractivity contribution in [3.63, 3.8) is 0 Å². The molecule has 0 aliphatic carbocycles. The minimum atomic E-state index is -0.531. The Kier molecular flexibility index (Phi) is 6.72. The number of hydrogen-bond acceptors (Lipinski definition) is 6. The summed E-state index contributed by atoms with van der Waals surface area (Å²) in [6, 6.07) is 17.2. The molecular weight excluding hydrogens is 485 g/mol. The molecule has 194 valence electrons. The van der Waals surface area contributed by atoms with Crippen LogP contribution in [0.5, 0.6) is 11.5 Å². The number of fused-ring (bicyclic) bond motifs is 1. The SMILES string of the molecule is CC(C)(C)OC(=O)N1CCC(c2ccnc3c(C#N)n(-c4ccc(Oc5ccc(F)cc5)cc4)nc23)CC1. The van der Waals surface area contributed by atoms with Crippen molar-refractivity contribution in [2.45, 2.75) is 45.1 Å². The van der Waals surface area contributed by atoms with Gasteiger partial charge in [-0.05, 0) is 99.7 Å². The monoisotopic (exact) mass is 513 g/mol. The lowest BCUT2D eigenvalue weighted by Gasteiger charge is -2.33. The highest BCUT2D eigenvalue weighted by atomic mass is 19.1. The second kappa shape index (κ2) is 10.1. The zero-order valence-electron chi connectivity index (χ0n) is 21.5. The van der Waals surface area contributed by atoms with Crippen LogP contribution in [0.3, 0.4) is 0 Å². The topological polar surface area (TPSA) is 93.3 Å². The van der Waals surface area contributed by atoms with Gasteiger partial charge in [-0.3, -0.25) is 4.98 Å². The number of ether oxygens (including phenoxy) is 2. The minimum Gasteiger partial charge on any atom is -0.457 e. The third-order valence-electron chi connectivity index (χ3n) is 6.41. The van der Waals surface area contributed by atoms with E-state index in [4.69, 9.17) is 14.6 Å². The van der Waals surface area contributed by atoms with Crippen LogP contribution in [0.4, 0.5) is 9.18 Å². The van der Waals surface area contributed by atoms with Crippen LogP contribution in [0.25, 0.3) is 16.7 Å². The highest BCUT2D eigenvalue weighted by molar-refractivity contribution is 5.84. The first-order valence-corrected chi connectivity index (χ1v) is 12.5. The van der Waals surface area contributed by atoms with Gasteiger partial charge in [0.1, 0.15) is 40.0 Å². The summed E-state index contributed by atoms with van der Waals surface area (Å²) in [5.74, 6) is 0.948. The molecule has 0 spiro atoms. The molecule has 1 amide bonds. The molecule has 0 atom stereocenters. The standard InChI is InChI=1S/C29H28FN5O3/c1-29(2,3)38-28(36)34-16-13-19(14-17-34)24-12-15-32-27-25(18-31)35(33-26(24)27)21-6-10-23(11-7-21)37-22-8-4-20(30)5-9-22/h4-12,15,19H,13-14,16-17H2,1-3H3. The van der Waals surface area contributed by atoms with Crippen LogP contribution in [0.1, 0.15) is 50.8 Å². The molecule has 0 saturated carbocycles. The number of amides is 1. The molecule has 0 bridgehead atoms. The van der Waals surface area contributed by atoms with Crippen LogP contribution in [-0.4, -0.2) is 44.4 Å². The number of piperidine rings is 1. The van der Waals surface area contributed by atoms with E-state index in [9.17, 15) is 14.4 Å². The average molecular weight is 514 g/mol. The maximum atomic E-state index is 13.2. The van der Waals surface area contributed by atoms with Crippen LogP contribution in [-0.2, 0) is 4.74 Å². The summed E-state index contributed by atoms with van der Waals surface area (Å²) in [5, 5.41) is 14.8. The van der Waals surface area contributed by atoms with E-state index < -0.39 is 5.60 Å². The van der Waals surface area contributed by atoms with Crippen molar-refractivity contribution in [1.82, 2.24) is 19.7 Å². The van der Waals surface area contributed by atoms with Crippen molar-refractivity contribution >= 4 is 17.1 Å². The Morgan fingerprint density at radius 3 is 2.24 bits per heavy atom. The molecule has 0 N–H and O–H groups in total. The van der Waals surface area contributed by atoms with Crippen molar-refractivity contribution in [2.75, 3.05) is 13.1 Å². The van der Waals surface area contributed by atoms with E-state index in [2.05, 4.69) is 11.1 Å². The van der Waals surface area contributed by atoms with Gasteiger partial charge in [-0.2, -0.15) is 10.4 Å². The van der Waals surface area contributed by atoms with Crippen molar-refractivity contribution in [3.8, 4) is 23.3 Å². The number of carbonyl (C=O) groups is 1. The van der Waals surface area contributed by atoms with Crippen LogP contribution >= 0.6 is 0 Å². The molecule has 2 aromatic heterocycles. The summed E-state index contributed by atoms with van der Waals surface area (Å²) < 4.78 is 26.1. The minimum absolute atomic E-state index is 0.181. The first-order valence-electron chi connectivity index (χ1n) is 12.5. The summed E-state index contributed by atoms with van der Waals surface area (Å²) in [7, 11) is 0. The fourth-order valence-electron chi connectivity index (χ4n) is 4.61. The Balaban J connectivity index is 1.37. The smallest absolute Gasteiger partial charge is 0.410 e. The van der Waals surface area contributed by atoms with Gasteiger partial charge in [0.25, 0.3) is 0 Å². The Labute approximate surface area is 220 Å². The van der Waals surface area contributed by atoms with Gasteiger partial charge in [0.15, 0.2) is 5.69 Å². The summed E-state index contributed by atoms with van der Waals surface area (Å²) in [6.07, 6.45) is 2.95. The zero-order chi connectivity index (χ0) is 26.9. The van der Waals surface area contributed by atoms with E-state index in [1.807, 2.05) is 39.0 Å². The number of halogens is 1. The highest BCUT2D eigenvalue weighted by Gasteiger charge is 2.29. The third kappa shape index (κ3) is 5.30. The lowest BCUT2D eigenvalue weighted by Crippen LogP contribution is -2.41. The zero-order valence-corrected chi connectivity index (χ0v) is 21.5. The number of aromatic nitrogens is 3. The number of nitriles is 1. The molecule has 1 saturated heterocycles. The first-order chi connectivity index (χ1) is 18.2. The van der Waals surface area contributed by atoms with E-state index in [1.54, 1.807) is 40.0 Å². The molecule has 2 aromatic carbocycles. The maximum absolute atomic E-state index is 13.2. The predicted octanol–water partition coefficient (Wildman–Crippen LogP) is 6.34. The number of hydrogen-bond donors (Lipinski definition) is 0. The van der Waals surface area contributed by atoms with E-state index in [-0.39, 0.29) is 17.8 Å². The maximum Gasteiger partial charge on any atom is 0.410 e. The second-order valence-electron chi connectivity index (χ2n) is 10.3. The summed E-state index contributed by atoms with van der Waals surface area (Å²) >= 11 is 0. The van der Waals surface area contributed by atoms with E-state index in [1.165, 1.54) is 12.1 Å². The van der Waals surface area contributed by atoms with Gasteiger partial charge in [-0.25, -0.2) is 13.9 Å². The molecule has 1 aliphatic heterocycles. The quantitative estimate of drug-likeness (QED) is 0.316. The summed E-state index contributed by atoms with van der Waals surface area (Å²) in [5.41, 5.74) is 2.76. The Morgan fingerprint density at radius 1 is 1.00 bits per heavy atom. The largest absolute Gasteiger partial charge is 0.457 e. The first kappa shape index (κ1) is 25.2. The number of likely N-dealkylation sites (tertiary alicyclic amines) is 1. The third-order valence-corrected chi connectivity index (χ3v) is 6.41. The number of nitrogens with zero attached hydrogens (tertiary/aromatic N) is 5. The number of pyridine rings is 1. The predicted molar refractivity (Wildman–Crippen MR) is 140 cm³/mol. The van der Waals surface area contributed by atoms with Gasteiger partial charge in [-0.1, -0.05) is 0 Å². The van der Waals surface area contributed by atoms with Gasteiger partial charge in [-0.15, -0.1) is 0 Å². The molecule has 3 heterocycles. The molecule has 38 heavy (non-hydrogen) atoms. The van der Waals surface area contributed by atoms with Gasteiger partial charge >= 0.3 is 6.09 Å². The van der Waals surface area contributed by atoms with Gasteiger partial charge in [0.2, 0.25) is 0 Å². The Bertz CT molecular complexity index is 1490. The van der Waals surface area contributed by atoms with Crippen LogP contribution < -0.4 is 4.74 Å². The molecule has 8 nitrogen and oxygen atoms in total. The molecule has 9 heteroatoms. The Morgan fingerprint density at radius 2 is 1.63 bits per heavy atom. The van der Waals surface area contributed by atoms with E-state index in [0.717, 1.165) is 18.4 Å². The molecule has 0 unspecified atom stereocenters. The lowest BCUT2D eigenvalue weighted by atomic mass is 9.89. The molecule has 1 fully saturated rings. The van der Waals surface area contributed by atoms with Crippen molar-refractivity contribution in [3.05, 3.63) is 77.9 Å². The van der Waals surface area contributed by atoms with Gasteiger partial charge in [0, 0.05) is 19.3 Å². The molecule has 1 aliphatic rings. The van der Waals surface area contributed by atoms with Crippen molar-refractivity contribution in [2.24, 2.45) is 0 Å². The van der Waals surface area contributed by atoms with E-state index >= 15 is 0 Å². The van der Waals surface area contributed by atoms with Crippen LogP contribution in [0, 0.1) is 17.1 Å². The van der Waals surface area contributed by atoms with E-state index in [0.29, 0.717) is 47.0 Å². The second-order valence-corrected chi connectivity index (χ2v) is 10.3. The van der Waals surface area contributed by atoms with Crippen molar-refractivity contribution in [1.29, 1.82) is 5.26 Å². The highest BCUT2D eigenvalue weighted by Crippen LogP contribution is 2.34. The molecule has 0 radical (unpaired) electrons. The lowest BCUT2D eigenvalue weighted by molar-refractivity contribution is 0.0205. The van der Waals surface area contributed by atoms with Crippen LogP contribution in [0.15, 0.2) is 60.8 Å². The number of benzene rings is 2. The summed E-state index contributed by atoms with van der Waals surface area (Å²) in [6.45, 7) is 6.76. The normalized spacial score (nSPS) is 14.3. The van der Waals surface area contributed by atoms with Crippen molar-refractivity contribution < 1.29 is 18.7 Å². The average Bonchev–Trinajstić information content (AvgIpc) is 3.28. The Hall–Kier alpha value is -4.45. The number of carbonyl (C=O) groups excluding carboxylic acids is 1. The fraction of sp³-hybridized carbons (Fsp3) is 0.310. The molecule has 4 aromatic rings.